The molecule has 5 atom stereocenters. The normalized spacial score (nSPS) is 34.4. The summed E-state index contributed by atoms with van der Waals surface area (Å²) in [6, 6.07) is 12.3. The molecule has 2 heterocycles. The quantitative estimate of drug-likeness (QED) is 0.636. The zero-order valence-electron chi connectivity index (χ0n) is 21.0. The van der Waals surface area contributed by atoms with Gasteiger partial charge in [-0.15, -0.1) is 0 Å². The number of halogens is 3. The van der Waals surface area contributed by atoms with Crippen LogP contribution in [0, 0.1) is 5.41 Å². The van der Waals surface area contributed by atoms with Crippen LogP contribution < -0.4 is 4.74 Å². The average Bonchev–Trinajstić information content (AvgIpc) is 3.24. The number of likely N-dealkylation sites (N-methyl/N-ethyl adjacent to an activating group) is 1. The smallest absolute Gasteiger partial charge is 0.401 e. The van der Waals surface area contributed by atoms with Gasteiger partial charge in [-0.25, -0.2) is 0 Å². The van der Waals surface area contributed by atoms with Crippen molar-refractivity contribution >= 4 is 5.91 Å². The molecular weight excluding hydrogens is 497 g/mol. The lowest BCUT2D eigenvalue weighted by atomic mass is 9.38. The lowest BCUT2D eigenvalue weighted by Crippen LogP contribution is -2.78. The van der Waals surface area contributed by atoms with Crippen LogP contribution in [-0.4, -0.2) is 70.0 Å². The number of aromatic hydroxyl groups is 1. The summed E-state index contributed by atoms with van der Waals surface area (Å²) < 4.78 is 47.6. The van der Waals surface area contributed by atoms with Crippen molar-refractivity contribution < 1.29 is 32.9 Å². The summed E-state index contributed by atoms with van der Waals surface area (Å²) in [5, 5.41) is 23.0. The first-order valence-corrected chi connectivity index (χ1v) is 13.1. The van der Waals surface area contributed by atoms with Crippen LogP contribution in [0.15, 0.2) is 54.1 Å². The number of piperidine rings is 1. The van der Waals surface area contributed by atoms with E-state index >= 15 is 0 Å². The van der Waals surface area contributed by atoms with Crippen molar-refractivity contribution in [2.75, 3.05) is 20.1 Å². The zero-order chi connectivity index (χ0) is 26.7. The molecule has 1 saturated carbocycles. The minimum Gasteiger partial charge on any atom is -0.504 e. The third-order valence-electron chi connectivity index (χ3n) is 9.87. The Labute approximate surface area is 218 Å². The van der Waals surface area contributed by atoms with Crippen molar-refractivity contribution in [3.05, 3.63) is 70.8 Å². The second-order valence-electron chi connectivity index (χ2n) is 11.6. The topological polar surface area (TPSA) is 73.2 Å². The minimum atomic E-state index is -4.37. The Hall–Kier alpha value is -3.04. The molecule has 2 aromatic rings. The van der Waals surface area contributed by atoms with E-state index in [1.54, 1.807) is 18.0 Å². The number of phenolic OH excluding ortho intramolecular Hbond substituents is 1. The first kappa shape index (κ1) is 24.0. The Morgan fingerprint density at radius 3 is 2.66 bits per heavy atom. The molecule has 2 fully saturated rings. The number of likely N-dealkylation sites (tertiary alicyclic amines) is 1. The summed E-state index contributed by atoms with van der Waals surface area (Å²) in [4.78, 5) is 17.0. The van der Waals surface area contributed by atoms with Gasteiger partial charge in [-0.1, -0.05) is 42.5 Å². The molecule has 1 amide bonds. The summed E-state index contributed by atoms with van der Waals surface area (Å²) in [5.41, 5.74) is -0.494. The van der Waals surface area contributed by atoms with E-state index in [1.165, 1.54) is 11.0 Å². The first-order chi connectivity index (χ1) is 18.0. The fourth-order valence-electron chi connectivity index (χ4n) is 8.50. The van der Waals surface area contributed by atoms with Gasteiger partial charge in [-0.3, -0.25) is 9.69 Å². The molecule has 6 aliphatic rings. The van der Waals surface area contributed by atoms with Gasteiger partial charge in [0.05, 0.1) is 12.0 Å². The van der Waals surface area contributed by atoms with Crippen LogP contribution in [0.2, 0.25) is 0 Å². The van der Waals surface area contributed by atoms with Gasteiger partial charge in [-0.05, 0) is 49.4 Å². The molecule has 200 valence electrons. The molecule has 8 rings (SSSR count). The molecule has 0 aromatic heterocycles. The number of carbonyl (C=O) groups is 1. The van der Waals surface area contributed by atoms with Gasteiger partial charge >= 0.3 is 6.18 Å². The van der Waals surface area contributed by atoms with Crippen molar-refractivity contribution in [1.29, 1.82) is 0 Å². The van der Waals surface area contributed by atoms with E-state index in [4.69, 9.17) is 4.74 Å². The van der Waals surface area contributed by atoms with Crippen molar-refractivity contribution in [2.45, 2.75) is 61.6 Å². The lowest BCUT2D eigenvalue weighted by molar-refractivity contribution is -0.208. The zero-order valence-corrected chi connectivity index (χ0v) is 21.0. The van der Waals surface area contributed by atoms with Gasteiger partial charge in [0.1, 0.15) is 11.7 Å². The van der Waals surface area contributed by atoms with Crippen molar-refractivity contribution in [3.63, 3.8) is 0 Å². The standard InChI is InChI=1S/C29H29F3N2O4/c1-33(15-17-5-3-2-4-6-17)24(36)19-14-26-9-10-28(19,37)25-27(26)11-12-34(16-29(30,31)32)21(26)13-18-7-8-20(35)23(38-25)22(18)27/h2-8,14,21,25,35,37H,9-13,15-16H2,1H3/t21-,25-,26-,27+,28-/m1/s1. The number of hydrogen-bond acceptors (Lipinski definition) is 5. The number of rotatable bonds is 4. The van der Waals surface area contributed by atoms with Crippen molar-refractivity contribution in [1.82, 2.24) is 9.80 Å². The molecule has 38 heavy (non-hydrogen) atoms. The van der Waals surface area contributed by atoms with Crippen molar-refractivity contribution in [3.8, 4) is 11.5 Å². The second-order valence-corrected chi connectivity index (χ2v) is 11.6. The van der Waals surface area contributed by atoms with Gasteiger partial charge < -0.3 is 19.8 Å². The maximum Gasteiger partial charge on any atom is 0.401 e. The van der Waals surface area contributed by atoms with E-state index < -0.39 is 41.3 Å². The van der Waals surface area contributed by atoms with E-state index in [-0.39, 0.29) is 30.2 Å². The summed E-state index contributed by atoms with van der Waals surface area (Å²) in [7, 11) is 1.67. The Kier molecular flexibility index (Phi) is 4.77. The fraction of sp³-hybridized carbons (Fsp3) is 0.483. The molecule has 1 saturated heterocycles. The fourth-order valence-corrected chi connectivity index (χ4v) is 8.50. The summed E-state index contributed by atoms with van der Waals surface area (Å²) >= 11 is 0. The van der Waals surface area contributed by atoms with Gasteiger partial charge in [0.15, 0.2) is 11.5 Å². The Morgan fingerprint density at radius 2 is 1.92 bits per heavy atom. The van der Waals surface area contributed by atoms with Crippen LogP contribution in [0.1, 0.15) is 36.0 Å². The maximum atomic E-state index is 13.9. The molecule has 4 aliphatic carbocycles. The van der Waals surface area contributed by atoms with Crippen LogP contribution in [0.5, 0.6) is 11.5 Å². The molecule has 9 heteroatoms. The summed E-state index contributed by atoms with van der Waals surface area (Å²) in [6.07, 6.45) is -2.08. The highest BCUT2D eigenvalue weighted by Gasteiger charge is 2.79. The van der Waals surface area contributed by atoms with E-state index in [0.717, 1.165) is 16.7 Å². The van der Waals surface area contributed by atoms with E-state index in [9.17, 15) is 28.2 Å². The maximum absolute atomic E-state index is 13.9. The first-order valence-electron chi connectivity index (χ1n) is 13.1. The van der Waals surface area contributed by atoms with E-state index in [0.29, 0.717) is 31.6 Å². The molecule has 2 aliphatic heterocycles. The molecule has 0 radical (unpaired) electrons. The van der Waals surface area contributed by atoms with Gasteiger partial charge in [0.25, 0.3) is 5.91 Å². The number of amides is 1. The highest BCUT2D eigenvalue weighted by molar-refractivity contribution is 5.97. The SMILES string of the molecule is CN(Cc1ccccc1)C(=O)C1=C[C@@]23CC[C@]1(O)[C@@H]1Oc4c(O)ccc5c4[C@@]12CCN(CC(F)(F)F)[C@@H]3C5. The molecule has 2 spiro atoms. The summed E-state index contributed by atoms with van der Waals surface area (Å²) in [6.45, 7) is -0.510. The minimum absolute atomic E-state index is 0.0454. The Morgan fingerprint density at radius 1 is 1.16 bits per heavy atom. The Bertz CT molecular complexity index is 1380. The Balaban J connectivity index is 1.39. The number of carbonyl (C=O) groups excluding carboxylic acids is 1. The summed E-state index contributed by atoms with van der Waals surface area (Å²) in [5.74, 6) is -0.101. The monoisotopic (exact) mass is 526 g/mol. The highest BCUT2D eigenvalue weighted by atomic mass is 19.4. The number of phenols is 1. The highest BCUT2D eigenvalue weighted by Crippen LogP contribution is 2.74. The predicted octanol–water partition coefficient (Wildman–Crippen LogP) is 3.69. The number of benzene rings is 2. The lowest BCUT2D eigenvalue weighted by Gasteiger charge is -2.70. The molecule has 2 N–H and O–H groups in total. The number of ether oxygens (including phenoxy) is 1. The number of fused-ring (bicyclic) bond motifs is 1. The number of aliphatic hydroxyl groups is 1. The van der Waals surface area contributed by atoms with Crippen LogP contribution >= 0.6 is 0 Å². The number of hydrogen-bond donors (Lipinski definition) is 2. The predicted molar refractivity (Wildman–Crippen MR) is 132 cm³/mol. The molecule has 2 aromatic carbocycles. The largest absolute Gasteiger partial charge is 0.504 e. The van der Waals surface area contributed by atoms with Crippen LogP contribution in [0.25, 0.3) is 0 Å². The van der Waals surface area contributed by atoms with Crippen LogP contribution in [0.4, 0.5) is 13.2 Å². The molecular formula is C29H29F3N2O4. The molecule has 6 nitrogen and oxygen atoms in total. The van der Waals surface area contributed by atoms with Crippen LogP contribution in [-0.2, 0) is 23.2 Å². The van der Waals surface area contributed by atoms with Crippen LogP contribution in [0.3, 0.4) is 0 Å². The number of nitrogens with zero attached hydrogens (tertiary/aromatic N) is 2. The second kappa shape index (κ2) is 7.54. The van der Waals surface area contributed by atoms with E-state index in [1.807, 2.05) is 36.4 Å². The molecule has 4 bridgehead atoms. The third-order valence-corrected chi connectivity index (χ3v) is 9.87. The third kappa shape index (κ3) is 2.89. The number of alkyl halides is 3. The van der Waals surface area contributed by atoms with Gasteiger partial charge in [0.2, 0.25) is 0 Å². The van der Waals surface area contributed by atoms with Gasteiger partial charge in [-0.2, -0.15) is 13.2 Å². The van der Waals surface area contributed by atoms with Gasteiger partial charge in [0, 0.05) is 36.2 Å². The van der Waals surface area contributed by atoms with Crippen molar-refractivity contribution in [2.24, 2.45) is 5.41 Å². The molecule has 0 unspecified atom stereocenters. The average molecular weight is 527 g/mol. The van der Waals surface area contributed by atoms with E-state index in [2.05, 4.69) is 0 Å².